The first-order valence-corrected chi connectivity index (χ1v) is 7.72. The number of cyclic esters (lactones) is 1. The highest BCUT2D eigenvalue weighted by Gasteiger charge is 2.36. The van der Waals surface area contributed by atoms with Gasteiger partial charge in [-0.25, -0.2) is 0 Å². The fraction of sp³-hybridized carbons (Fsp3) is 0.316. The molecule has 0 saturated carbocycles. The van der Waals surface area contributed by atoms with Crippen molar-refractivity contribution in [2.24, 2.45) is 0 Å². The van der Waals surface area contributed by atoms with Crippen LogP contribution in [0.2, 0.25) is 0 Å². The molecule has 2 aromatic carbocycles. The molecule has 0 unspecified atom stereocenters. The number of carbonyl (C=O) groups is 1. The second kappa shape index (κ2) is 6.83. The van der Waals surface area contributed by atoms with E-state index in [9.17, 15) is 4.79 Å². The number of rotatable bonds is 5. The fourth-order valence-corrected chi connectivity index (χ4v) is 2.95. The van der Waals surface area contributed by atoms with E-state index in [1.807, 2.05) is 42.5 Å². The Hall–Kier alpha value is -2.69. The van der Waals surface area contributed by atoms with Gasteiger partial charge in [-0.1, -0.05) is 18.2 Å². The van der Waals surface area contributed by atoms with Crippen molar-refractivity contribution in [3.63, 3.8) is 0 Å². The number of ether oxygens (including phenoxy) is 4. The van der Waals surface area contributed by atoms with Gasteiger partial charge in [0.2, 0.25) is 0 Å². The molecule has 5 heteroatoms. The van der Waals surface area contributed by atoms with Crippen molar-refractivity contribution >= 4 is 5.97 Å². The lowest BCUT2D eigenvalue weighted by molar-refractivity contribution is -0.142. The summed E-state index contributed by atoms with van der Waals surface area (Å²) in [7, 11) is 4.79. The third-order valence-corrected chi connectivity index (χ3v) is 4.29. The van der Waals surface area contributed by atoms with Gasteiger partial charge in [-0.15, -0.1) is 0 Å². The van der Waals surface area contributed by atoms with Crippen LogP contribution < -0.4 is 14.2 Å². The van der Waals surface area contributed by atoms with Crippen LogP contribution in [0.1, 0.15) is 29.6 Å². The number of benzene rings is 2. The molecule has 0 aliphatic carbocycles. The lowest BCUT2D eigenvalue weighted by Crippen LogP contribution is -2.06. The molecule has 1 fully saturated rings. The number of esters is 1. The maximum absolute atomic E-state index is 12.3. The van der Waals surface area contributed by atoms with Crippen molar-refractivity contribution < 1.29 is 23.7 Å². The van der Waals surface area contributed by atoms with Crippen LogP contribution in [0.5, 0.6) is 17.2 Å². The Kier molecular flexibility index (Phi) is 4.60. The summed E-state index contributed by atoms with van der Waals surface area (Å²) in [6.45, 7) is 0. The van der Waals surface area contributed by atoms with Crippen LogP contribution in [-0.4, -0.2) is 27.3 Å². The van der Waals surface area contributed by atoms with Crippen LogP contribution in [-0.2, 0) is 9.53 Å². The van der Waals surface area contributed by atoms with Crippen LogP contribution in [0.4, 0.5) is 0 Å². The minimum atomic E-state index is -0.308. The van der Waals surface area contributed by atoms with Gasteiger partial charge >= 0.3 is 5.97 Å². The molecular weight excluding hydrogens is 308 g/mol. The topological polar surface area (TPSA) is 54.0 Å². The maximum atomic E-state index is 12.3. The van der Waals surface area contributed by atoms with E-state index < -0.39 is 0 Å². The quantitative estimate of drug-likeness (QED) is 0.787. The summed E-state index contributed by atoms with van der Waals surface area (Å²) in [4.78, 5) is 12.3. The summed E-state index contributed by atoms with van der Waals surface area (Å²) in [6, 6.07) is 13.1. The minimum absolute atomic E-state index is 0.219. The van der Waals surface area contributed by atoms with Crippen LogP contribution in [0, 0.1) is 0 Å². The summed E-state index contributed by atoms with van der Waals surface area (Å²) in [5, 5.41) is 0. The zero-order valence-corrected chi connectivity index (χ0v) is 13.9. The lowest BCUT2D eigenvalue weighted by Gasteiger charge is -2.12. The Morgan fingerprint density at radius 3 is 2.17 bits per heavy atom. The van der Waals surface area contributed by atoms with Crippen molar-refractivity contribution in [1.29, 1.82) is 0 Å². The van der Waals surface area contributed by atoms with E-state index in [1.54, 1.807) is 21.3 Å². The molecule has 0 N–H and O–H groups in total. The van der Waals surface area contributed by atoms with Crippen LogP contribution in [0.3, 0.4) is 0 Å². The summed E-state index contributed by atoms with van der Waals surface area (Å²) >= 11 is 0. The number of hydrogen-bond donors (Lipinski definition) is 0. The van der Waals surface area contributed by atoms with E-state index in [2.05, 4.69) is 0 Å². The SMILES string of the molecule is COc1ccc([C@H]2C[C@H](c3ccc(OC)c(OC)c3)C(=O)O2)cc1. The fourth-order valence-electron chi connectivity index (χ4n) is 2.95. The smallest absolute Gasteiger partial charge is 0.314 e. The van der Waals surface area contributed by atoms with E-state index >= 15 is 0 Å². The molecule has 3 rings (SSSR count). The average molecular weight is 328 g/mol. The first-order valence-electron chi connectivity index (χ1n) is 7.72. The summed E-state index contributed by atoms with van der Waals surface area (Å²) in [5.41, 5.74) is 1.83. The normalized spacial score (nSPS) is 19.7. The van der Waals surface area contributed by atoms with Crippen molar-refractivity contribution in [2.75, 3.05) is 21.3 Å². The molecule has 126 valence electrons. The van der Waals surface area contributed by atoms with Gasteiger partial charge in [-0.05, 0) is 35.4 Å². The van der Waals surface area contributed by atoms with Crippen molar-refractivity contribution in [1.82, 2.24) is 0 Å². The first-order chi connectivity index (χ1) is 11.7. The Morgan fingerprint density at radius 2 is 1.54 bits per heavy atom. The van der Waals surface area contributed by atoms with Gasteiger partial charge in [0.05, 0.1) is 27.2 Å². The molecule has 5 nitrogen and oxygen atoms in total. The predicted octanol–water partition coefficient (Wildman–Crippen LogP) is 3.48. The van der Waals surface area contributed by atoms with Crippen molar-refractivity contribution in [3.8, 4) is 17.2 Å². The molecule has 0 aromatic heterocycles. The van der Waals surface area contributed by atoms with Crippen molar-refractivity contribution in [3.05, 3.63) is 53.6 Å². The molecule has 0 bridgehead atoms. The van der Waals surface area contributed by atoms with E-state index in [1.165, 1.54) is 0 Å². The van der Waals surface area contributed by atoms with Gasteiger partial charge in [-0.3, -0.25) is 4.79 Å². The van der Waals surface area contributed by atoms with Gasteiger partial charge in [-0.2, -0.15) is 0 Å². The first kappa shape index (κ1) is 16.2. The van der Waals surface area contributed by atoms with E-state index in [-0.39, 0.29) is 18.0 Å². The standard InChI is InChI=1S/C19H20O5/c1-21-14-7-4-12(5-8-14)17-11-15(19(20)24-17)13-6-9-16(22-2)18(10-13)23-3/h4-10,15,17H,11H2,1-3H3/t15-,17-/m1/s1. The number of carbonyl (C=O) groups excluding carboxylic acids is 1. The summed E-state index contributed by atoms with van der Waals surface area (Å²) in [6.07, 6.45) is 0.349. The highest BCUT2D eigenvalue weighted by Crippen LogP contribution is 2.41. The molecule has 0 amide bonds. The molecule has 2 aromatic rings. The molecule has 1 saturated heterocycles. The van der Waals surface area contributed by atoms with Gasteiger partial charge in [0.1, 0.15) is 11.9 Å². The van der Waals surface area contributed by atoms with Gasteiger partial charge in [0.15, 0.2) is 11.5 Å². The van der Waals surface area contributed by atoms with Crippen LogP contribution in [0.25, 0.3) is 0 Å². The average Bonchev–Trinajstić information content (AvgIpc) is 3.03. The van der Waals surface area contributed by atoms with E-state index in [0.29, 0.717) is 17.9 Å². The Morgan fingerprint density at radius 1 is 0.875 bits per heavy atom. The Bertz CT molecular complexity index is 723. The third-order valence-electron chi connectivity index (χ3n) is 4.29. The van der Waals surface area contributed by atoms with E-state index in [4.69, 9.17) is 18.9 Å². The number of methoxy groups -OCH3 is 3. The molecule has 1 aliphatic rings. The molecule has 1 heterocycles. The third kappa shape index (κ3) is 3.02. The molecule has 1 aliphatic heterocycles. The second-order valence-electron chi connectivity index (χ2n) is 5.60. The molecule has 0 radical (unpaired) electrons. The largest absolute Gasteiger partial charge is 0.497 e. The molecule has 0 spiro atoms. The zero-order chi connectivity index (χ0) is 17.1. The summed E-state index contributed by atoms with van der Waals surface area (Å²) in [5.74, 6) is 1.49. The lowest BCUT2D eigenvalue weighted by atomic mass is 9.93. The number of hydrogen-bond acceptors (Lipinski definition) is 5. The van der Waals surface area contributed by atoms with Gasteiger partial charge in [0, 0.05) is 6.42 Å². The van der Waals surface area contributed by atoms with Gasteiger partial charge in [0.25, 0.3) is 0 Å². The van der Waals surface area contributed by atoms with Gasteiger partial charge < -0.3 is 18.9 Å². The van der Waals surface area contributed by atoms with E-state index in [0.717, 1.165) is 16.9 Å². The van der Waals surface area contributed by atoms with Crippen molar-refractivity contribution in [2.45, 2.75) is 18.4 Å². The highest BCUT2D eigenvalue weighted by molar-refractivity contribution is 5.80. The van der Waals surface area contributed by atoms with Crippen LogP contribution >= 0.6 is 0 Å². The molecule has 24 heavy (non-hydrogen) atoms. The minimum Gasteiger partial charge on any atom is -0.497 e. The Labute approximate surface area is 141 Å². The molecule has 2 atom stereocenters. The second-order valence-corrected chi connectivity index (χ2v) is 5.60. The Balaban J connectivity index is 1.81. The zero-order valence-electron chi connectivity index (χ0n) is 13.9. The van der Waals surface area contributed by atoms with Crippen LogP contribution in [0.15, 0.2) is 42.5 Å². The monoisotopic (exact) mass is 328 g/mol. The summed E-state index contributed by atoms with van der Waals surface area (Å²) < 4.78 is 21.3. The molecular formula is C19H20O5. The maximum Gasteiger partial charge on any atom is 0.314 e. The predicted molar refractivity (Wildman–Crippen MR) is 88.7 cm³/mol. The highest BCUT2D eigenvalue weighted by atomic mass is 16.6.